The predicted octanol–water partition coefficient (Wildman–Crippen LogP) is 8.28. The number of rotatable bonds is 8. The molecule has 0 radical (unpaired) electrons. The van der Waals surface area contributed by atoms with Gasteiger partial charge in [-0.3, -0.25) is 14.9 Å². The van der Waals surface area contributed by atoms with E-state index in [1.807, 2.05) is 49.4 Å². The number of urea groups is 1. The van der Waals surface area contributed by atoms with Gasteiger partial charge in [0.15, 0.2) is 0 Å². The highest BCUT2D eigenvalue weighted by atomic mass is 35.5. The number of aryl methyl sites for hydroxylation is 1. The maximum atomic E-state index is 13.6. The van der Waals surface area contributed by atoms with E-state index in [0.29, 0.717) is 33.7 Å². The number of carbonyl (C=O) groups is 3. The molecule has 0 bridgehead atoms. The molecule has 0 atom stereocenters. The van der Waals surface area contributed by atoms with Gasteiger partial charge < -0.3 is 9.47 Å². The predicted molar refractivity (Wildman–Crippen MR) is 176 cm³/mol. The van der Waals surface area contributed by atoms with Crippen molar-refractivity contribution in [3.63, 3.8) is 0 Å². The van der Waals surface area contributed by atoms with Crippen LogP contribution in [0.2, 0.25) is 10.0 Å². The number of amides is 4. The average molecular weight is 638 g/mol. The molecule has 1 heterocycles. The standard InChI is InChI=1S/C36H26Cl2N2O5/c1-22-6-9-24-4-2-3-5-30(24)32(22)21-45-33-17-12-27(38)18-25(33)19-31-34(41)39-36(43)40(35(31)42)28-13-15-29(16-14-28)44-20-23-7-10-26(37)11-8-23/h2-19H,20-21H2,1H3,(H,39,41,43)/b31-19+. The van der Waals surface area contributed by atoms with Gasteiger partial charge in [0, 0.05) is 21.2 Å². The Morgan fingerprint density at radius 2 is 1.51 bits per heavy atom. The van der Waals surface area contributed by atoms with Crippen molar-refractivity contribution in [1.82, 2.24) is 5.32 Å². The molecule has 0 unspecified atom stereocenters. The van der Waals surface area contributed by atoms with Crippen LogP contribution in [0.25, 0.3) is 16.8 Å². The largest absolute Gasteiger partial charge is 0.489 e. The maximum Gasteiger partial charge on any atom is 0.335 e. The minimum absolute atomic E-state index is 0.244. The molecule has 1 saturated heterocycles. The van der Waals surface area contributed by atoms with Crippen LogP contribution in [0, 0.1) is 6.92 Å². The first-order valence-corrected chi connectivity index (χ1v) is 14.8. The number of hydrogen-bond acceptors (Lipinski definition) is 5. The van der Waals surface area contributed by atoms with Crippen LogP contribution in [-0.2, 0) is 22.8 Å². The fraction of sp³-hybridized carbons (Fsp3) is 0.0833. The Bertz CT molecular complexity index is 1970. The van der Waals surface area contributed by atoms with E-state index >= 15 is 0 Å². The second kappa shape index (κ2) is 12.9. The SMILES string of the molecule is Cc1ccc2ccccc2c1COc1ccc(Cl)cc1/C=C1\C(=O)NC(=O)N(c2ccc(OCc3ccc(Cl)cc3)cc2)C1=O. The average Bonchev–Trinajstić information content (AvgIpc) is 3.03. The van der Waals surface area contributed by atoms with E-state index in [-0.39, 0.29) is 17.9 Å². The molecule has 0 spiro atoms. The molecule has 0 aliphatic carbocycles. The molecule has 4 amide bonds. The number of benzene rings is 5. The number of hydrogen-bond donors (Lipinski definition) is 1. The lowest BCUT2D eigenvalue weighted by Crippen LogP contribution is -2.54. The second-order valence-corrected chi connectivity index (χ2v) is 11.3. The lowest BCUT2D eigenvalue weighted by atomic mass is 10.0. The van der Waals surface area contributed by atoms with E-state index < -0.39 is 17.8 Å². The van der Waals surface area contributed by atoms with Crippen LogP contribution in [0.5, 0.6) is 11.5 Å². The summed E-state index contributed by atoms with van der Waals surface area (Å²) in [4.78, 5) is 40.2. The maximum absolute atomic E-state index is 13.6. The summed E-state index contributed by atoms with van der Waals surface area (Å²) in [6.45, 7) is 2.58. The van der Waals surface area contributed by atoms with Crippen molar-refractivity contribution in [2.45, 2.75) is 20.1 Å². The first-order valence-electron chi connectivity index (χ1n) is 14.1. The fourth-order valence-corrected chi connectivity index (χ4v) is 5.34. The summed E-state index contributed by atoms with van der Waals surface area (Å²) < 4.78 is 12.1. The van der Waals surface area contributed by atoms with Crippen molar-refractivity contribution >= 4 is 63.6 Å². The Kier molecular flexibility index (Phi) is 8.56. The molecular formula is C36H26Cl2N2O5. The fourth-order valence-electron chi connectivity index (χ4n) is 5.04. The molecule has 1 aliphatic rings. The van der Waals surface area contributed by atoms with E-state index in [1.165, 1.54) is 6.08 Å². The molecule has 45 heavy (non-hydrogen) atoms. The Morgan fingerprint density at radius 1 is 0.778 bits per heavy atom. The zero-order valence-corrected chi connectivity index (χ0v) is 25.6. The molecule has 9 heteroatoms. The van der Waals surface area contributed by atoms with Gasteiger partial charge in [0.1, 0.15) is 30.3 Å². The number of carbonyl (C=O) groups excluding carboxylic acids is 3. The topological polar surface area (TPSA) is 84.9 Å². The summed E-state index contributed by atoms with van der Waals surface area (Å²) in [5.41, 5.74) is 3.46. The van der Waals surface area contributed by atoms with Gasteiger partial charge in [0.05, 0.1) is 5.69 Å². The summed E-state index contributed by atoms with van der Waals surface area (Å²) >= 11 is 12.2. The number of halogens is 2. The van der Waals surface area contributed by atoms with Crippen molar-refractivity contribution in [2.24, 2.45) is 0 Å². The molecule has 5 aromatic carbocycles. The number of anilines is 1. The molecule has 6 rings (SSSR count). The second-order valence-electron chi connectivity index (χ2n) is 10.4. The summed E-state index contributed by atoms with van der Waals surface area (Å²) in [6, 6.07) is 30.0. The Balaban J connectivity index is 1.24. The monoisotopic (exact) mass is 636 g/mol. The van der Waals surface area contributed by atoms with Crippen LogP contribution in [0.15, 0.2) is 109 Å². The van der Waals surface area contributed by atoms with Crippen molar-refractivity contribution in [3.05, 3.63) is 141 Å². The Morgan fingerprint density at radius 3 is 2.29 bits per heavy atom. The highest BCUT2D eigenvalue weighted by Crippen LogP contribution is 2.31. The molecule has 5 aromatic rings. The molecular weight excluding hydrogens is 611 g/mol. The van der Waals surface area contributed by atoms with Crippen LogP contribution < -0.4 is 19.7 Å². The zero-order chi connectivity index (χ0) is 31.5. The number of imide groups is 2. The van der Waals surface area contributed by atoms with Crippen molar-refractivity contribution in [1.29, 1.82) is 0 Å². The van der Waals surface area contributed by atoms with Gasteiger partial charge in [0.25, 0.3) is 11.8 Å². The lowest BCUT2D eigenvalue weighted by Gasteiger charge is -2.26. The van der Waals surface area contributed by atoms with E-state index in [4.69, 9.17) is 32.7 Å². The van der Waals surface area contributed by atoms with Gasteiger partial charge in [-0.05, 0) is 89.5 Å². The lowest BCUT2D eigenvalue weighted by molar-refractivity contribution is -0.122. The molecule has 1 N–H and O–H groups in total. The van der Waals surface area contributed by atoms with Gasteiger partial charge in [0.2, 0.25) is 0 Å². The third kappa shape index (κ3) is 6.55. The molecule has 1 aliphatic heterocycles. The van der Waals surface area contributed by atoms with E-state index in [1.54, 1.807) is 54.6 Å². The van der Waals surface area contributed by atoms with Crippen molar-refractivity contribution in [3.8, 4) is 11.5 Å². The minimum Gasteiger partial charge on any atom is -0.489 e. The van der Waals surface area contributed by atoms with Crippen LogP contribution in [-0.4, -0.2) is 17.8 Å². The quantitative estimate of drug-likeness (QED) is 0.137. The molecule has 0 saturated carbocycles. The highest BCUT2D eigenvalue weighted by Gasteiger charge is 2.37. The van der Waals surface area contributed by atoms with Gasteiger partial charge in [-0.2, -0.15) is 0 Å². The normalized spacial score (nSPS) is 14.2. The van der Waals surface area contributed by atoms with Gasteiger partial charge >= 0.3 is 6.03 Å². The summed E-state index contributed by atoms with van der Waals surface area (Å²) in [5, 5.41) is 5.45. The van der Waals surface area contributed by atoms with Crippen LogP contribution in [0.3, 0.4) is 0 Å². The van der Waals surface area contributed by atoms with Gasteiger partial charge in [-0.15, -0.1) is 0 Å². The van der Waals surface area contributed by atoms with E-state index in [0.717, 1.165) is 32.4 Å². The molecule has 0 aromatic heterocycles. The van der Waals surface area contributed by atoms with E-state index in [2.05, 4.69) is 11.4 Å². The number of nitrogens with zero attached hydrogens (tertiary/aromatic N) is 1. The number of barbiturate groups is 1. The number of ether oxygens (including phenoxy) is 2. The van der Waals surface area contributed by atoms with Gasteiger partial charge in [-0.25, -0.2) is 9.69 Å². The first-order chi connectivity index (χ1) is 21.8. The minimum atomic E-state index is -0.856. The van der Waals surface area contributed by atoms with Crippen LogP contribution in [0.1, 0.15) is 22.3 Å². The summed E-state index contributed by atoms with van der Waals surface area (Å²) in [6.07, 6.45) is 1.39. The first kappa shape index (κ1) is 29.9. The van der Waals surface area contributed by atoms with Gasteiger partial charge in [-0.1, -0.05) is 71.7 Å². The number of fused-ring (bicyclic) bond motifs is 1. The third-order valence-corrected chi connectivity index (χ3v) is 7.92. The summed E-state index contributed by atoms with van der Waals surface area (Å²) in [5.74, 6) is -0.646. The Labute approximate surface area is 269 Å². The van der Waals surface area contributed by atoms with Crippen LogP contribution >= 0.6 is 23.2 Å². The number of nitrogens with one attached hydrogen (secondary N) is 1. The summed E-state index contributed by atoms with van der Waals surface area (Å²) in [7, 11) is 0. The zero-order valence-electron chi connectivity index (χ0n) is 24.1. The molecule has 224 valence electrons. The van der Waals surface area contributed by atoms with Crippen molar-refractivity contribution in [2.75, 3.05) is 4.90 Å². The third-order valence-electron chi connectivity index (χ3n) is 7.43. The van der Waals surface area contributed by atoms with E-state index in [9.17, 15) is 14.4 Å². The molecule has 1 fully saturated rings. The van der Waals surface area contributed by atoms with Crippen molar-refractivity contribution < 1.29 is 23.9 Å². The van der Waals surface area contributed by atoms with Crippen LogP contribution in [0.4, 0.5) is 10.5 Å². The molecule has 7 nitrogen and oxygen atoms in total. The Hall–Kier alpha value is -5.11. The highest BCUT2D eigenvalue weighted by molar-refractivity contribution is 6.39. The smallest absolute Gasteiger partial charge is 0.335 e.